The van der Waals surface area contributed by atoms with Gasteiger partial charge in [0.25, 0.3) is 0 Å². The zero-order valence-corrected chi connectivity index (χ0v) is 11.9. The van der Waals surface area contributed by atoms with E-state index in [2.05, 4.69) is 4.98 Å². The summed E-state index contributed by atoms with van der Waals surface area (Å²) in [6.45, 7) is 1.84. The number of carbonyl (C=O) groups is 1. The minimum Gasteiger partial charge on any atom is -0.273 e. The van der Waals surface area contributed by atoms with Crippen molar-refractivity contribution in [2.24, 2.45) is 5.41 Å². The molecule has 0 saturated carbocycles. The van der Waals surface area contributed by atoms with Gasteiger partial charge in [0.15, 0.2) is 0 Å². The van der Waals surface area contributed by atoms with Crippen molar-refractivity contribution in [1.29, 1.82) is 0 Å². The summed E-state index contributed by atoms with van der Waals surface area (Å²) in [5.41, 5.74) is -0.982. The predicted octanol–water partition coefficient (Wildman–Crippen LogP) is 2.68. The lowest BCUT2D eigenvalue weighted by molar-refractivity contribution is -0.166. The van der Waals surface area contributed by atoms with Gasteiger partial charge in [-0.15, -0.1) is 0 Å². The summed E-state index contributed by atoms with van der Waals surface area (Å²) in [5.74, 6) is -1.09. The van der Waals surface area contributed by atoms with Gasteiger partial charge in [0.1, 0.15) is 5.82 Å². The summed E-state index contributed by atoms with van der Waals surface area (Å²) in [4.78, 5) is 16.3. The van der Waals surface area contributed by atoms with Gasteiger partial charge in [-0.05, 0) is 25.0 Å². The number of hydrazine groups is 1. The number of carbonyl (C=O) groups excluding carboxylic acids is 1. The fourth-order valence-corrected chi connectivity index (χ4v) is 3.36. The SMILES string of the molecule is C[C@]1(CC(F)(F)F)CN2CC[C@@H](c3cncc(F)c3)N2C1=O. The fourth-order valence-electron chi connectivity index (χ4n) is 3.36. The van der Waals surface area contributed by atoms with Gasteiger partial charge in [-0.3, -0.25) is 14.8 Å². The van der Waals surface area contributed by atoms with E-state index in [9.17, 15) is 22.4 Å². The predicted molar refractivity (Wildman–Crippen MR) is 68.8 cm³/mol. The molecule has 2 atom stereocenters. The molecule has 0 aliphatic carbocycles. The van der Waals surface area contributed by atoms with Crippen LogP contribution in [-0.4, -0.2) is 40.2 Å². The Labute approximate surface area is 124 Å². The van der Waals surface area contributed by atoms with E-state index in [0.29, 0.717) is 18.5 Å². The number of nitrogens with zero attached hydrogens (tertiary/aromatic N) is 3. The Bertz CT molecular complexity index is 606. The number of halogens is 4. The minimum absolute atomic E-state index is 0.0323. The standard InChI is InChI=1S/C14H15F4N3O/c1-13(7-14(16,17)18)8-20-3-2-11(21(20)12(13)22)9-4-10(15)6-19-5-9/h4-6,11H,2-3,7-8H2,1H3/t11-,13-/m0/s1. The second-order valence-corrected chi connectivity index (χ2v) is 6.13. The van der Waals surface area contributed by atoms with Gasteiger partial charge in [-0.1, -0.05) is 0 Å². The largest absolute Gasteiger partial charge is 0.390 e. The summed E-state index contributed by atoms with van der Waals surface area (Å²) in [5, 5.41) is 2.98. The van der Waals surface area contributed by atoms with Crippen LogP contribution in [0, 0.1) is 11.2 Å². The number of rotatable bonds is 2. The Hall–Kier alpha value is -1.70. The molecule has 8 heteroatoms. The highest BCUT2D eigenvalue weighted by molar-refractivity contribution is 5.85. The Balaban J connectivity index is 1.87. The van der Waals surface area contributed by atoms with Crippen LogP contribution in [0.4, 0.5) is 17.6 Å². The molecule has 1 aromatic heterocycles. The van der Waals surface area contributed by atoms with Crippen LogP contribution in [0.15, 0.2) is 18.5 Å². The van der Waals surface area contributed by atoms with Crippen molar-refractivity contribution < 1.29 is 22.4 Å². The molecule has 2 aliphatic heterocycles. The zero-order chi connectivity index (χ0) is 16.1. The second kappa shape index (κ2) is 4.91. The lowest BCUT2D eigenvalue weighted by atomic mass is 9.85. The van der Waals surface area contributed by atoms with E-state index in [4.69, 9.17) is 0 Å². The summed E-state index contributed by atoms with van der Waals surface area (Å²) < 4.78 is 51.5. The van der Waals surface area contributed by atoms with Crippen molar-refractivity contribution in [2.75, 3.05) is 13.1 Å². The van der Waals surface area contributed by atoms with Gasteiger partial charge in [-0.2, -0.15) is 13.2 Å². The number of pyridine rings is 1. The molecular formula is C14H15F4N3O. The lowest BCUT2D eigenvalue weighted by Crippen LogP contribution is -2.38. The Kier molecular flexibility index (Phi) is 3.39. The van der Waals surface area contributed by atoms with Gasteiger partial charge in [0.2, 0.25) is 5.91 Å². The van der Waals surface area contributed by atoms with Crippen LogP contribution in [-0.2, 0) is 4.79 Å². The maximum absolute atomic E-state index is 13.3. The number of hydrogen-bond donors (Lipinski definition) is 0. The van der Waals surface area contributed by atoms with Gasteiger partial charge < -0.3 is 0 Å². The van der Waals surface area contributed by atoms with Crippen molar-refractivity contribution in [1.82, 2.24) is 15.0 Å². The van der Waals surface area contributed by atoms with Crippen LogP contribution < -0.4 is 0 Å². The van der Waals surface area contributed by atoms with Crippen LogP contribution in [0.25, 0.3) is 0 Å². The third-order valence-corrected chi connectivity index (χ3v) is 4.22. The van der Waals surface area contributed by atoms with Gasteiger partial charge >= 0.3 is 6.18 Å². The molecule has 0 unspecified atom stereocenters. The normalized spacial score (nSPS) is 29.2. The van der Waals surface area contributed by atoms with Gasteiger partial charge in [0.05, 0.1) is 24.1 Å². The van der Waals surface area contributed by atoms with E-state index in [-0.39, 0.29) is 6.54 Å². The number of aromatic nitrogens is 1. The monoisotopic (exact) mass is 317 g/mol. The van der Waals surface area contributed by atoms with Crippen molar-refractivity contribution in [3.63, 3.8) is 0 Å². The molecule has 120 valence electrons. The first-order valence-corrected chi connectivity index (χ1v) is 6.95. The molecule has 2 fully saturated rings. The fraction of sp³-hybridized carbons (Fsp3) is 0.571. The van der Waals surface area contributed by atoms with Crippen LogP contribution >= 0.6 is 0 Å². The van der Waals surface area contributed by atoms with E-state index in [1.54, 1.807) is 5.01 Å². The van der Waals surface area contributed by atoms with E-state index in [0.717, 1.165) is 6.20 Å². The summed E-state index contributed by atoms with van der Waals surface area (Å²) in [6.07, 6.45) is -2.50. The number of hydrogen-bond acceptors (Lipinski definition) is 3. The van der Waals surface area contributed by atoms with Gasteiger partial charge in [0, 0.05) is 19.3 Å². The third kappa shape index (κ3) is 2.55. The average Bonchev–Trinajstić information content (AvgIpc) is 2.87. The van der Waals surface area contributed by atoms with Gasteiger partial charge in [-0.25, -0.2) is 9.40 Å². The Morgan fingerprint density at radius 3 is 2.77 bits per heavy atom. The number of amides is 1. The van der Waals surface area contributed by atoms with Crippen LogP contribution in [0.2, 0.25) is 0 Å². The molecule has 4 nitrogen and oxygen atoms in total. The number of alkyl halides is 3. The molecule has 0 bridgehead atoms. The maximum atomic E-state index is 13.3. The topological polar surface area (TPSA) is 36.4 Å². The molecule has 2 aliphatic rings. The molecule has 3 heterocycles. The van der Waals surface area contributed by atoms with E-state index in [1.165, 1.54) is 24.2 Å². The molecule has 0 radical (unpaired) electrons. The minimum atomic E-state index is -4.40. The molecule has 0 spiro atoms. The Morgan fingerprint density at radius 1 is 1.41 bits per heavy atom. The molecular weight excluding hydrogens is 302 g/mol. The lowest BCUT2D eigenvalue weighted by Gasteiger charge is -2.27. The average molecular weight is 317 g/mol. The van der Waals surface area contributed by atoms with E-state index < -0.39 is 35.8 Å². The molecule has 1 amide bonds. The molecule has 0 aromatic carbocycles. The first-order valence-electron chi connectivity index (χ1n) is 6.95. The summed E-state index contributed by atoms with van der Waals surface area (Å²) >= 11 is 0. The van der Waals surface area contributed by atoms with Crippen molar-refractivity contribution in [3.8, 4) is 0 Å². The quantitative estimate of drug-likeness (QED) is 0.787. The molecule has 22 heavy (non-hydrogen) atoms. The van der Waals surface area contributed by atoms with Crippen LogP contribution in [0.5, 0.6) is 0 Å². The van der Waals surface area contributed by atoms with Crippen molar-refractivity contribution in [2.45, 2.75) is 32.0 Å². The molecule has 2 saturated heterocycles. The highest BCUT2D eigenvalue weighted by Crippen LogP contribution is 2.46. The number of fused-ring (bicyclic) bond motifs is 1. The Morgan fingerprint density at radius 2 is 2.14 bits per heavy atom. The first-order chi connectivity index (χ1) is 10.2. The van der Waals surface area contributed by atoms with Crippen LogP contribution in [0.1, 0.15) is 31.4 Å². The van der Waals surface area contributed by atoms with E-state index >= 15 is 0 Å². The summed E-state index contributed by atoms with van der Waals surface area (Å²) in [6, 6.07) is 0.819. The van der Waals surface area contributed by atoms with Crippen molar-refractivity contribution in [3.05, 3.63) is 29.8 Å². The third-order valence-electron chi connectivity index (χ3n) is 4.22. The maximum Gasteiger partial charge on any atom is 0.390 e. The summed E-state index contributed by atoms with van der Waals surface area (Å²) in [7, 11) is 0. The first kappa shape index (κ1) is 15.2. The zero-order valence-electron chi connectivity index (χ0n) is 11.9. The smallest absolute Gasteiger partial charge is 0.273 e. The molecule has 3 rings (SSSR count). The van der Waals surface area contributed by atoms with E-state index in [1.807, 2.05) is 0 Å². The molecule has 1 aromatic rings. The van der Waals surface area contributed by atoms with Crippen molar-refractivity contribution >= 4 is 5.91 Å². The molecule has 0 N–H and O–H groups in total. The van der Waals surface area contributed by atoms with Crippen LogP contribution in [0.3, 0.4) is 0 Å². The highest BCUT2D eigenvalue weighted by atomic mass is 19.4. The highest BCUT2D eigenvalue weighted by Gasteiger charge is 2.56. The second-order valence-electron chi connectivity index (χ2n) is 6.13.